The molecule has 0 aliphatic heterocycles. The molecule has 1 rings (SSSR count). The van der Waals surface area contributed by atoms with E-state index in [0.717, 1.165) is 6.26 Å². The minimum absolute atomic E-state index is 0.186. The number of nitrogens with one attached hydrogen (secondary N) is 3. The Hall–Kier alpha value is -1.60. The van der Waals surface area contributed by atoms with Crippen LogP contribution in [0.25, 0.3) is 0 Å². The maximum atomic E-state index is 11.6. The zero-order valence-electron chi connectivity index (χ0n) is 10.5. The van der Waals surface area contributed by atoms with Crippen LogP contribution in [-0.4, -0.2) is 33.7 Å². The van der Waals surface area contributed by atoms with Gasteiger partial charge in [0.2, 0.25) is 15.9 Å². The summed E-state index contributed by atoms with van der Waals surface area (Å²) in [5.74, 6) is -0.186. The fraction of sp³-hybridized carbons (Fsp3) is 0.364. The first kappa shape index (κ1) is 14.5. The number of hydrogen-bond donors (Lipinski definition) is 3. The van der Waals surface area contributed by atoms with Crippen molar-refractivity contribution in [1.29, 1.82) is 0 Å². The minimum atomic E-state index is -3.32. The molecule has 1 amide bonds. The third-order valence-corrected chi connectivity index (χ3v) is 2.87. The Labute approximate surface area is 107 Å². The summed E-state index contributed by atoms with van der Waals surface area (Å²) in [6.07, 6.45) is 1.07. The van der Waals surface area contributed by atoms with Crippen molar-refractivity contribution in [2.24, 2.45) is 0 Å². The third-order valence-electron chi connectivity index (χ3n) is 2.26. The van der Waals surface area contributed by atoms with E-state index in [2.05, 4.69) is 15.4 Å². The molecule has 0 spiro atoms. The third kappa shape index (κ3) is 4.72. The van der Waals surface area contributed by atoms with Gasteiger partial charge in [-0.05, 0) is 32.2 Å². The van der Waals surface area contributed by atoms with Gasteiger partial charge in [-0.3, -0.25) is 9.52 Å². The molecule has 0 fully saturated rings. The van der Waals surface area contributed by atoms with Crippen LogP contribution in [-0.2, 0) is 14.8 Å². The average Bonchev–Trinajstić information content (AvgIpc) is 2.26. The zero-order chi connectivity index (χ0) is 13.8. The van der Waals surface area contributed by atoms with Gasteiger partial charge in [-0.25, -0.2) is 8.42 Å². The molecule has 0 saturated heterocycles. The SMILES string of the molecule is CNC(C)C(=O)Nc1cccc(NS(C)(=O)=O)c1. The van der Waals surface area contributed by atoms with Crippen molar-refractivity contribution in [3.63, 3.8) is 0 Å². The topological polar surface area (TPSA) is 87.3 Å². The number of rotatable bonds is 5. The van der Waals surface area contributed by atoms with Gasteiger partial charge in [-0.15, -0.1) is 0 Å². The summed E-state index contributed by atoms with van der Waals surface area (Å²) in [5, 5.41) is 5.50. The molecular weight excluding hydrogens is 254 g/mol. The normalized spacial score (nSPS) is 12.8. The molecule has 1 unspecified atom stereocenters. The molecule has 6 nitrogen and oxygen atoms in total. The van der Waals surface area contributed by atoms with Crippen molar-refractivity contribution < 1.29 is 13.2 Å². The Morgan fingerprint density at radius 1 is 1.28 bits per heavy atom. The van der Waals surface area contributed by atoms with Crippen LogP contribution in [0.2, 0.25) is 0 Å². The molecule has 0 aliphatic carbocycles. The molecule has 3 N–H and O–H groups in total. The number of sulfonamides is 1. The van der Waals surface area contributed by atoms with Gasteiger partial charge >= 0.3 is 0 Å². The maximum absolute atomic E-state index is 11.6. The Bertz CT molecular complexity index is 528. The maximum Gasteiger partial charge on any atom is 0.241 e. The second kappa shape index (κ2) is 5.83. The lowest BCUT2D eigenvalue weighted by molar-refractivity contribution is -0.117. The van der Waals surface area contributed by atoms with E-state index in [1.807, 2.05) is 0 Å². The molecule has 0 aromatic heterocycles. The number of carbonyl (C=O) groups excluding carboxylic acids is 1. The van der Waals surface area contributed by atoms with Crippen LogP contribution in [0.1, 0.15) is 6.92 Å². The number of amides is 1. The summed E-state index contributed by atoms with van der Waals surface area (Å²) in [6, 6.07) is 6.19. The molecule has 18 heavy (non-hydrogen) atoms. The number of likely N-dealkylation sites (N-methyl/N-ethyl adjacent to an activating group) is 1. The summed E-state index contributed by atoms with van der Waals surface area (Å²) in [5.41, 5.74) is 0.947. The van der Waals surface area contributed by atoms with Crippen LogP contribution in [0, 0.1) is 0 Å². The van der Waals surface area contributed by atoms with Crippen molar-refractivity contribution >= 4 is 27.3 Å². The molecule has 1 aromatic rings. The van der Waals surface area contributed by atoms with Gasteiger partial charge in [0.05, 0.1) is 18.0 Å². The standard InChI is InChI=1S/C11H17N3O3S/c1-8(12-2)11(15)13-9-5-4-6-10(7-9)14-18(3,16)17/h4-8,12,14H,1-3H3,(H,13,15). The van der Waals surface area contributed by atoms with Crippen LogP contribution in [0.3, 0.4) is 0 Å². The van der Waals surface area contributed by atoms with E-state index in [4.69, 9.17) is 0 Å². The van der Waals surface area contributed by atoms with Crippen molar-refractivity contribution in [3.8, 4) is 0 Å². The first-order valence-electron chi connectivity index (χ1n) is 5.38. The lowest BCUT2D eigenvalue weighted by Crippen LogP contribution is -2.35. The van der Waals surface area contributed by atoms with Crippen LogP contribution < -0.4 is 15.4 Å². The van der Waals surface area contributed by atoms with Gasteiger partial charge in [0.15, 0.2) is 0 Å². The largest absolute Gasteiger partial charge is 0.325 e. The molecule has 0 radical (unpaired) electrons. The highest BCUT2D eigenvalue weighted by molar-refractivity contribution is 7.92. The number of carbonyl (C=O) groups is 1. The second-order valence-corrected chi connectivity index (χ2v) is 5.70. The molecule has 1 atom stereocenters. The highest BCUT2D eigenvalue weighted by atomic mass is 32.2. The molecule has 0 heterocycles. The molecular formula is C11H17N3O3S. The van der Waals surface area contributed by atoms with Gasteiger partial charge in [0.1, 0.15) is 0 Å². The van der Waals surface area contributed by atoms with Crippen LogP contribution in [0.15, 0.2) is 24.3 Å². The first-order valence-corrected chi connectivity index (χ1v) is 7.27. The van der Waals surface area contributed by atoms with E-state index < -0.39 is 10.0 Å². The van der Waals surface area contributed by atoms with E-state index in [-0.39, 0.29) is 11.9 Å². The monoisotopic (exact) mass is 271 g/mol. The highest BCUT2D eigenvalue weighted by Gasteiger charge is 2.10. The van der Waals surface area contributed by atoms with E-state index in [1.54, 1.807) is 38.2 Å². The Kier molecular flexibility index (Phi) is 4.69. The molecule has 1 aromatic carbocycles. The predicted octanol–water partition coefficient (Wildman–Crippen LogP) is 0.604. The summed E-state index contributed by atoms with van der Waals surface area (Å²) in [7, 11) is -1.63. The number of anilines is 2. The summed E-state index contributed by atoms with van der Waals surface area (Å²) in [4.78, 5) is 11.6. The van der Waals surface area contributed by atoms with E-state index in [0.29, 0.717) is 11.4 Å². The molecule has 0 bridgehead atoms. The van der Waals surface area contributed by atoms with E-state index in [1.165, 1.54) is 0 Å². The second-order valence-electron chi connectivity index (χ2n) is 3.95. The van der Waals surface area contributed by atoms with Crippen LogP contribution in [0.5, 0.6) is 0 Å². The predicted molar refractivity (Wildman–Crippen MR) is 72.1 cm³/mol. The van der Waals surface area contributed by atoms with Crippen molar-refractivity contribution in [2.45, 2.75) is 13.0 Å². The van der Waals surface area contributed by atoms with Crippen molar-refractivity contribution in [2.75, 3.05) is 23.3 Å². The van der Waals surface area contributed by atoms with Crippen LogP contribution in [0.4, 0.5) is 11.4 Å². The van der Waals surface area contributed by atoms with Gasteiger partial charge in [-0.2, -0.15) is 0 Å². The highest BCUT2D eigenvalue weighted by Crippen LogP contribution is 2.16. The van der Waals surface area contributed by atoms with Crippen molar-refractivity contribution in [3.05, 3.63) is 24.3 Å². The average molecular weight is 271 g/mol. The Morgan fingerprint density at radius 2 is 1.89 bits per heavy atom. The summed E-state index contributed by atoms with van der Waals surface area (Å²) < 4.78 is 24.5. The number of benzene rings is 1. The van der Waals surface area contributed by atoms with Gasteiger partial charge in [0, 0.05) is 5.69 Å². The Morgan fingerprint density at radius 3 is 2.44 bits per heavy atom. The van der Waals surface area contributed by atoms with Crippen molar-refractivity contribution in [1.82, 2.24) is 5.32 Å². The molecule has 0 saturated carbocycles. The fourth-order valence-electron chi connectivity index (χ4n) is 1.26. The summed E-state index contributed by atoms with van der Waals surface area (Å²) in [6.45, 7) is 1.73. The lowest BCUT2D eigenvalue weighted by atomic mass is 10.2. The molecule has 0 aliphatic rings. The van der Waals surface area contributed by atoms with E-state index in [9.17, 15) is 13.2 Å². The zero-order valence-corrected chi connectivity index (χ0v) is 11.3. The molecule has 7 heteroatoms. The number of hydrogen-bond acceptors (Lipinski definition) is 4. The Balaban J connectivity index is 2.80. The van der Waals surface area contributed by atoms with E-state index >= 15 is 0 Å². The fourth-order valence-corrected chi connectivity index (χ4v) is 1.81. The minimum Gasteiger partial charge on any atom is -0.325 e. The quantitative estimate of drug-likeness (QED) is 0.732. The van der Waals surface area contributed by atoms with Crippen LogP contribution >= 0.6 is 0 Å². The molecule has 100 valence electrons. The summed E-state index contributed by atoms with van der Waals surface area (Å²) >= 11 is 0. The lowest BCUT2D eigenvalue weighted by Gasteiger charge is -2.12. The first-order chi connectivity index (χ1) is 8.31. The van der Waals surface area contributed by atoms with Gasteiger partial charge < -0.3 is 10.6 Å². The van der Waals surface area contributed by atoms with Gasteiger partial charge in [-0.1, -0.05) is 6.07 Å². The van der Waals surface area contributed by atoms with Gasteiger partial charge in [0.25, 0.3) is 0 Å². The smallest absolute Gasteiger partial charge is 0.241 e.